The van der Waals surface area contributed by atoms with Crippen LogP contribution in [0.15, 0.2) is 69.8 Å². The van der Waals surface area contributed by atoms with E-state index in [9.17, 15) is 10.1 Å². The lowest BCUT2D eigenvalue weighted by Crippen LogP contribution is -2.39. The number of carbonyl (C=O) groups excluding carboxylic acids is 1. The maximum atomic E-state index is 13.4. The van der Waals surface area contributed by atoms with Crippen molar-refractivity contribution < 1.29 is 19.0 Å². The summed E-state index contributed by atoms with van der Waals surface area (Å²) in [6, 6.07) is 16.1. The molecule has 0 aromatic heterocycles. The van der Waals surface area contributed by atoms with Crippen LogP contribution >= 0.6 is 11.8 Å². The van der Waals surface area contributed by atoms with E-state index in [0.717, 1.165) is 5.56 Å². The Balaban J connectivity index is 2.03. The minimum absolute atomic E-state index is 0.191. The number of carbonyl (C=O) groups is 1. The fraction of sp³-hybridized carbons (Fsp3) is 0.208. The predicted octanol–water partition coefficient (Wildman–Crippen LogP) is 3.79. The molecule has 2 aliphatic heterocycles. The molecule has 0 amide bonds. The number of rotatable bonds is 6. The van der Waals surface area contributed by atoms with Crippen LogP contribution in [0.4, 0.5) is 0 Å². The number of thioether (sulfide) groups is 1. The third-order valence-corrected chi connectivity index (χ3v) is 6.24. The molecule has 168 valence electrons. The number of nitriles is 1. The number of allylic oxidation sites excluding steroid dienone is 1. The van der Waals surface area contributed by atoms with Gasteiger partial charge >= 0.3 is 5.97 Å². The third-order valence-electron chi connectivity index (χ3n) is 5.27. The first-order chi connectivity index (χ1) is 16.0. The molecule has 0 spiro atoms. The lowest BCUT2D eigenvalue weighted by Gasteiger charge is -2.36. The third kappa shape index (κ3) is 3.90. The molecule has 2 N–H and O–H groups in total. The van der Waals surface area contributed by atoms with Crippen molar-refractivity contribution in [2.75, 3.05) is 20.8 Å². The van der Waals surface area contributed by atoms with E-state index in [2.05, 4.69) is 6.07 Å². The van der Waals surface area contributed by atoms with E-state index in [1.807, 2.05) is 36.4 Å². The molecular formula is C24H22N4O4S. The van der Waals surface area contributed by atoms with Gasteiger partial charge in [0.15, 0.2) is 5.17 Å². The van der Waals surface area contributed by atoms with Crippen molar-refractivity contribution in [3.63, 3.8) is 0 Å². The number of nitrogens with two attached hydrogens (primary N) is 1. The Morgan fingerprint density at radius 1 is 1.21 bits per heavy atom. The Bertz CT molecular complexity index is 1230. The molecular weight excluding hydrogens is 440 g/mol. The molecule has 1 atom stereocenters. The quantitative estimate of drug-likeness (QED) is 0.646. The Kier molecular flexibility index (Phi) is 6.29. The van der Waals surface area contributed by atoms with Gasteiger partial charge in [0.1, 0.15) is 34.3 Å². The van der Waals surface area contributed by atoms with Gasteiger partial charge in [-0.15, -0.1) is 0 Å². The first kappa shape index (κ1) is 22.3. The number of esters is 1. The summed E-state index contributed by atoms with van der Waals surface area (Å²) in [7, 11) is 3.11. The minimum atomic E-state index is -0.731. The number of fused-ring (bicyclic) bond motifs is 1. The van der Waals surface area contributed by atoms with E-state index in [-0.39, 0.29) is 12.4 Å². The highest BCUT2D eigenvalue weighted by Gasteiger charge is 2.44. The summed E-state index contributed by atoms with van der Waals surface area (Å²) < 4.78 is 16.5. The largest absolute Gasteiger partial charge is 0.497 e. The monoisotopic (exact) mass is 462 g/mol. The minimum Gasteiger partial charge on any atom is -0.497 e. The maximum Gasteiger partial charge on any atom is 0.338 e. The summed E-state index contributed by atoms with van der Waals surface area (Å²) in [6.45, 7) is 1.94. The van der Waals surface area contributed by atoms with Crippen LogP contribution in [0.1, 0.15) is 24.1 Å². The van der Waals surface area contributed by atoms with E-state index < -0.39 is 12.0 Å². The predicted molar refractivity (Wildman–Crippen MR) is 126 cm³/mol. The van der Waals surface area contributed by atoms with Crippen molar-refractivity contribution in [1.82, 2.24) is 4.90 Å². The van der Waals surface area contributed by atoms with Crippen LogP contribution in [0.25, 0.3) is 5.70 Å². The molecule has 8 nitrogen and oxygen atoms in total. The van der Waals surface area contributed by atoms with Crippen molar-refractivity contribution >= 4 is 28.6 Å². The Morgan fingerprint density at radius 3 is 2.61 bits per heavy atom. The lowest BCUT2D eigenvalue weighted by atomic mass is 9.91. The summed E-state index contributed by atoms with van der Waals surface area (Å²) in [6.07, 6.45) is 0. The van der Waals surface area contributed by atoms with Crippen LogP contribution in [-0.4, -0.2) is 36.9 Å². The molecule has 33 heavy (non-hydrogen) atoms. The first-order valence-corrected chi connectivity index (χ1v) is 11.0. The van der Waals surface area contributed by atoms with Gasteiger partial charge in [-0.2, -0.15) is 5.26 Å². The van der Waals surface area contributed by atoms with E-state index in [0.29, 0.717) is 38.4 Å². The maximum absolute atomic E-state index is 13.4. The van der Waals surface area contributed by atoms with Crippen molar-refractivity contribution in [2.45, 2.75) is 13.0 Å². The van der Waals surface area contributed by atoms with Crippen LogP contribution in [0.2, 0.25) is 0 Å². The summed E-state index contributed by atoms with van der Waals surface area (Å²) in [5, 5.41) is 10.1. The highest BCUT2D eigenvalue weighted by Crippen LogP contribution is 2.49. The fourth-order valence-corrected chi connectivity index (χ4v) is 4.67. The van der Waals surface area contributed by atoms with Gasteiger partial charge in [0.25, 0.3) is 0 Å². The van der Waals surface area contributed by atoms with Gasteiger partial charge in [0, 0.05) is 17.2 Å². The highest BCUT2D eigenvalue weighted by molar-refractivity contribution is 8.17. The van der Waals surface area contributed by atoms with Crippen LogP contribution in [-0.2, 0) is 9.53 Å². The highest BCUT2D eigenvalue weighted by atomic mass is 32.2. The van der Waals surface area contributed by atoms with E-state index in [4.69, 9.17) is 24.9 Å². The topological polar surface area (TPSA) is 110 Å². The number of benzene rings is 2. The average molecular weight is 463 g/mol. The van der Waals surface area contributed by atoms with E-state index >= 15 is 0 Å². The molecule has 2 heterocycles. The number of hydrogen-bond acceptors (Lipinski definition) is 9. The Labute approximate surface area is 195 Å². The Morgan fingerprint density at radius 2 is 1.97 bits per heavy atom. The standard InChI is InChI=1S/C24H22N4O4S/c1-4-32-23(29)19-20(14-8-6-5-7-9-14)27-24-28(22(26)18(13-25)33-24)21(19)16-11-10-15(30-2)12-17(16)31-3/h5-12,21H,4,26H2,1-3H3/t21-/m1/s1. The molecule has 0 fully saturated rings. The molecule has 0 aliphatic carbocycles. The second kappa shape index (κ2) is 9.30. The van der Waals surface area contributed by atoms with Gasteiger partial charge in [-0.05, 0) is 30.8 Å². The fourth-order valence-electron chi connectivity index (χ4n) is 3.80. The van der Waals surface area contributed by atoms with Gasteiger partial charge in [-0.25, -0.2) is 9.79 Å². The molecule has 4 rings (SSSR count). The number of ether oxygens (including phenoxy) is 3. The van der Waals surface area contributed by atoms with Crippen LogP contribution in [0, 0.1) is 11.3 Å². The molecule has 9 heteroatoms. The number of hydrogen-bond donors (Lipinski definition) is 1. The molecule has 0 radical (unpaired) electrons. The zero-order valence-corrected chi connectivity index (χ0v) is 19.2. The van der Waals surface area contributed by atoms with Crippen molar-refractivity contribution in [3.05, 3.63) is 76.0 Å². The number of nitrogens with zero attached hydrogens (tertiary/aromatic N) is 3. The molecule has 0 unspecified atom stereocenters. The zero-order chi connectivity index (χ0) is 23.5. The number of aliphatic imine (C=N–C) groups is 1. The van der Waals surface area contributed by atoms with Gasteiger partial charge in [-0.3, -0.25) is 4.90 Å². The second-order valence-corrected chi connectivity index (χ2v) is 8.03. The van der Waals surface area contributed by atoms with E-state index in [1.54, 1.807) is 38.2 Å². The average Bonchev–Trinajstić information content (AvgIpc) is 3.18. The number of amidine groups is 1. The molecule has 0 saturated heterocycles. The van der Waals surface area contributed by atoms with Gasteiger partial charge in [-0.1, -0.05) is 30.3 Å². The SMILES string of the molecule is CCOC(=O)C1=C(c2ccccc2)N=C2SC(C#N)=C(N)N2[C@@H]1c1ccc(OC)cc1OC. The van der Waals surface area contributed by atoms with Crippen molar-refractivity contribution in [1.29, 1.82) is 5.26 Å². The summed E-state index contributed by atoms with van der Waals surface area (Å²) in [4.78, 5) is 20.1. The van der Waals surface area contributed by atoms with Crippen molar-refractivity contribution in [2.24, 2.45) is 10.7 Å². The van der Waals surface area contributed by atoms with Crippen LogP contribution in [0.5, 0.6) is 11.5 Å². The second-order valence-electron chi connectivity index (χ2n) is 7.05. The van der Waals surface area contributed by atoms with Gasteiger partial charge < -0.3 is 19.9 Å². The van der Waals surface area contributed by atoms with Crippen molar-refractivity contribution in [3.8, 4) is 17.6 Å². The summed E-state index contributed by atoms with van der Waals surface area (Å²) in [5.41, 5.74) is 8.55. The van der Waals surface area contributed by atoms with Crippen LogP contribution in [0.3, 0.4) is 0 Å². The summed E-state index contributed by atoms with van der Waals surface area (Å²) in [5.74, 6) is 0.795. The molecule has 0 bridgehead atoms. The van der Waals surface area contributed by atoms with E-state index in [1.165, 1.54) is 11.8 Å². The van der Waals surface area contributed by atoms with Crippen LogP contribution < -0.4 is 15.2 Å². The Hall–Kier alpha value is -3.90. The number of methoxy groups -OCH3 is 2. The first-order valence-electron chi connectivity index (χ1n) is 10.2. The normalized spacial score (nSPS) is 17.3. The summed E-state index contributed by atoms with van der Waals surface area (Å²) >= 11 is 1.17. The van der Waals surface area contributed by atoms with Gasteiger partial charge in [0.05, 0.1) is 32.1 Å². The molecule has 2 aliphatic rings. The van der Waals surface area contributed by atoms with Gasteiger partial charge in [0.2, 0.25) is 0 Å². The smallest absolute Gasteiger partial charge is 0.338 e. The molecule has 0 saturated carbocycles. The molecule has 2 aromatic carbocycles. The zero-order valence-electron chi connectivity index (χ0n) is 18.4. The lowest BCUT2D eigenvalue weighted by molar-refractivity contribution is -0.139. The molecule has 2 aromatic rings.